The SMILES string of the molecule is COc1ccc(OC)c(C2C(=C(O)c3ccccc3)C(=O)C(=O)N2c2nc3c(C)cc(C)cc3s2)c1. The Bertz CT molecular complexity index is 1540. The topological polar surface area (TPSA) is 89.0 Å². The third kappa shape index (κ3) is 3.79. The van der Waals surface area contributed by atoms with Crippen LogP contribution in [0.15, 0.2) is 66.2 Å². The minimum atomic E-state index is -0.975. The summed E-state index contributed by atoms with van der Waals surface area (Å²) in [5.74, 6) is -0.861. The Morgan fingerprint density at radius 2 is 1.75 bits per heavy atom. The van der Waals surface area contributed by atoms with Crippen molar-refractivity contribution >= 4 is 44.1 Å². The molecule has 0 radical (unpaired) electrons. The van der Waals surface area contributed by atoms with E-state index >= 15 is 0 Å². The van der Waals surface area contributed by atoms with Crippen molar-refractivity contribution in [2.24, 2.45) is 0 Å². The van der Waals surface area contributed by atoms with Gasteiger partial charge in [0.05, 0.1) is 30.0 Å². The van der Waals surface area contributed by atoms with Gasteiger partial charge in [0.2, 0.25) is 0 Å². The van der Waals surface area contributed by atoms with Gasteiger partial charge in [-0.2, -0.15) is 0 Å². The largest absolute Gasteiger partial charge is 0.507 e. The maximum atomic E-state index is 13.5. The normalized spacial score (nSPS) is 17.1. The molecule has 36 heavy (non-hydrogen) atoms. The number of hydrogen-bond donors (Lipinski definition) is 1. The molecule has 0 aliphatic carbocycles. The Labute approximate surface area is 212 Å². The summed E-state index contributed by atoms with van der Waals surface area (Å²) in [7, 11) is 3.05. The number of aliphatic hydroxyl groups is 1. The quantitative estimate of drug-likeness (QED) is 0.219. The molecule has 1 aliphatic rings. The number of rotatable bonds is 5. The van der Waals surface area contributed by atoms with Gasteiger partial charge in [-0.25, -0.2) is 4.98 Å². The number of ether oxygens (including phenoxy) is 2. The fourth-order valence-electron chi connectivity index (χ4n) is 4.59. The van der Waals surface area contributed by atoms with Crippen LogP contribution in [0.2, 0.25) is 0 Å². The molecule has 0 bridgehead atoms. The smallest absolute Gasteiger partial charge is 0.301 e. The van der Waals surface area contributed by atoms with E-state index in [9.17, 15) is 14.7 Å². The predicted octanol–water partition coefficient (Wildman–Crippen LogP) is 5.56. The number of ketones is 1. The number of carbonyl (C=O) groups is 2. The van der Waals surface area contributed by atoms with Crippen LogP contribution in [0.1, 0.15) is 28.3 Å². The Morgan fingerprint density at radius 1 is 1.00 bits per heavy atom. The molecule has 1 amide bonds. The first-order chi connectivity index (χ1) is 17.3. The zero-order valence-corrected chi connectivity index (χ0v) is 21.1. The van der Waals surface area contributed by atoms with Crippen LogP contribution in [0.3, 0.4) is 0 Å². The number of aryl methyl sites for hydroxylation is 2. The summed E-state index contributed by atoms with van der Waals surface area (Å²) in [6, 6.07) is 16.9. The van der Waals surface area contributed by atoms with Gasteiger partial charge in [-0.15, -0.1) is 0 Å². The second-order valence-electron chi connectivity index (χ2n) is 8.57. The molecule has 2 heterocycles. The van der Waals surface area contributed by atoms with Gasteiger partial charge < -0.3 is 14.6 Å². The number of hydrogen-bond acceptors (Lipinski definition) is 7. The predicted molar refractivity (Wildman–Crippen MR) is 140 cm³/mol. The Kier molecular flexibility index (Phi) is 5.97. The molecule has 1 aliphatic heterocycles. The molecule has 1 saturated heterocycles. The summed E-state index contributed by atoms with van der Waals surface area (Å²) >= 11 is 1.33. The molecular weight excluding hydrogens is 476 g/mol. The number of amides is 1. The summed E-state index contributed by atoms with van der Waals surface area (Å²) in [5, 5.41) is 11.7. The van der Waals surface area contributed by atoms with Crippen molar-refractivity contribution in [2.45, 2.75) is 19.9 Å². The van der Waals surface area contributed by atoms with Crippen molar-refractivity contribution in [3.8, 4) is 11.5 Å². The number of benzene rings is 3. The van der Waals surface area contributed by atoms with Gasteiger partial charge >= 0.3 is 5.91 Å². The van der Waals surface area contributed by atoms with Crippen molar-refractivity contribution < 1.29 is 24.2 Å². The number of carbonyl (C=O) groups excluding carboxylic acids is 2. The summed E-state index contributed by atoms with van der Waals surface area (Å²) < 4.78 is 12.0. The fourth-order valence-corrected chi connectivity index (χ4v) is 5.76. The van der Waals surface area contributed by atoms with E-state index in [0.717, 1.165) is 21.3 Å². The van der Waals surface area contributed by atoms with Crippen molar-refractivity contribution in [3.63, 3.8) is 0 Å². The van der Waals surface area contributed by atoms with E-state index in [1.165, 1.54) is 30.5 Å². The number of methoxy groups -OCH3 is 2. The zero-order chi connectivity index (χ0) is 25.6. The number of aliphatic hydroxyl groups excluding tert-OH is 1. The number of fused-ring (bicyclic) bond motifs is 1. The van der Waals surface area contributed by atoms with E-state index in [1.54, 1.807) is 42.5 Å². The van der Waals surface area contributed by atoms with Gasteiger partial charge in [0, 0.05) is 11.1 Å². The molecule has 1 N–H and O–H groups in total. The first kappa shape index (κ1) is 23.6. The summed E-state index contributed by atoms with van der Waals surface area (Å²) in [6.45, 7) is 3.96. The monoisotopic (exact) mass is 500 g/mol. The van der Waals surface area contributed by atoms with E-state index in [2.05, 4.69) is 0 Å². The molecule has 3 aromatic carbocycles. The number of anilines is 1. The second kappa shape index (κ2) is 9.13. The number of aromatic nitrogens is 1. The Balaban J connectivity index is 1.80. The van der Waals surface area contributed by atoms with Gasteiger partial charge in [-0.3, -0.25) is 14.5 Å². The maximum absolute atomic E-state index is 13.5. The molecule has 7 nitrogen and oxygen atoms in total. The zero-order valence-electron chi connectivity index (χ0n) is 20.2. The van der Waals surface area contributed by atoms with Crippen LogP contribution in [0.5, 0.6) is 11.5 Å². The standard InChI is InChI=1S/C28H24N2O5S/c1-15-12-16(2)23-21(13-15)36-28(29-23)30-24(19-14-18(34-3)10-11-20(19)35-4)22(26(32)27(30)33)25(31)17-8-6-5-7-9-17/h5-14,24,31H,1-4H3. The molecule has 1 fully saturated rings. The lowest BCUT2D eigenvalue weighted by atomic mass is 9.94. The van der Waals surface area contributed by atoms with E-state index < -0.39 is 17.7 Å². The highest BCUT2D eigenvalue weighted by Gasteiger charge is 2.49. The van der Waals surface area contributed by atoms with E-state index in [1.807, 2.05) is 32.0 Å². The fraction of sp³-hybridized carbons (Fsp3) is 0.179. The lowest BCUT2D eigenvalue weighted by Crippen LogP contribution is -2.29. The lowest BCUT2D eigenvalue weighted by Gasteiger charge is -2.25. The summed E-state index contributed by atoms with van der Waals surface area (Å²) in [5.41, 5.74) is 3.71. The van der Waals surface area contributed by atoms with E-state index in [4.69, 9.17) is 14.5 Å². The Hall–Kier alpha value is -4.17. The van der Waals surface area contributed by atoms with Crippen molar-refractivity contribution in [1.82, 2.24) is 4.98 Å². The van der Waals surface area contributed by atoms with Crippen molar-refractivity contribution in [1.29, 1.82) is 0 Å². The van der Waals surface area contributed by atoms with Crippen LogP contribution < -0.4 is 14.4 Å². The summed E-state index contributed by atoms with van der Waals surface area (Å²) in [4.78, 5) is 33.1. The first-order valence-electron chi connectivity index (χ1n) is 11.3. The molecule has 8 heteroatoms. The van der Waals surface area contributed by atoms with Gasteiger partial charge in [0.25, 0.3) is 5.78 Å². The van der Waals surface area contributed by atoms with Crippen molar-refractivity contribution in [3.05, 3.63) is 88.5 Å². The number of nitrogens with zero attached hydrogens (tertiary/aromatic N) is 2. The summed E-state index contributed by atoms with van der Waals surface area (Å²) in [6.07, 6.45) is 0. The van der Waals surface area contributed by atoms with Crippen LogP contribution in [-0.4, -0.2) is 36.0 Å². The molecule has 0 saturated carbocycles. The highest BCUT2D eigenvalue weighted by atomic mass is 32.1. The second-order valence-corrected chi connectivity index (χ2v) is 9.58. The molecule has 1 aromatic heterocycles. The molecule has 1 unspecified atom stereocenters. The van der Waals surface area contributed by atoms with E-state index in [0.29, 0.717) is 27.8 Å². The van der Waals surface area contributed by atoms with Crippen LogP contribution in [-0.2, 0) is 9.59 Å². The van der Waals surface area contributed by atoms with E-state index in [-0.39, 0.29) is 11.3 Å². The van der Waals surface area contributed by atoms with Gasteiger partial charge in [-0.1, -0.05) is 47.7 Å². The maximum Gasteiger partial charge on any atom is 0.301 e. The van der Waals surface area contributed by atoms with Gasteiger partial charge in [0.1, 0.15) is 23.3 Å². The highest BCUT2D eigenvalue weighted by molar-refractivity contribution is 7.22. The first-order valence-corrected chi connectivity index (χ1v) is 12.1. The number of Topliss-reactive ketones (excluding diaryl/α,β-unsaturated/α-hetero) is 1. The number of thiazole rings is 1. The van der Waals surface area contributed by atoms with Gasteiger partial charge in [0.15, 0.2) is 5.13 Å². The minimum Gasteiger partial charge on any atom is -0.507 e. The Morgan fingerprint density at radius 3 is 2.44 bits per heavy atom. The molecular formula is C28H24N2O5S. The molecule has 1 atom stereocenters. The molecule has 182 valence electrons. The van der Waals surface area contributed by atoms with Crippen LogP contribution in [0.25, 0.3) is 16.0 Å². The lowest BCUT2D eigenvalue weighted by molar-refractivity contribution is -0.132. The van der Waals surface area contributed by atoms with Crippen LogP contribution >= 0.6 is 11.3 Å². The third-order valence-electron chi connectivity index (χ3n) is 6.25. The average Bonchev–Trinajstić information content (AvgIpc) is 3.42. The highest BCUT2D eigenvalue weighted by Crippen LogP contribution is 2.47. The van der Waals surface area contributed by atoms with Crippen LogP contribution in [0.4, 0.5) is 5.13 Å². The van der Waals surface area contributed by atoms with Gasteiger partial charge in [-0.05, 0) is 49.2 Å². The van der Waals surface area contributed by atoms with Crippen LogP contribution in [0, 0.1) is 13.8 Å². The molecule has 4 aromatic rings. The minimum absolute atomic E-state index is 0.0371. The molecule has 0 spiro atoms. The third-order valence-corrected chi connectivity index (χ3v) is 7.25. The average molecular weight is 501 g/mol. The molecule has 5 rings (SSSR count). The van der Waals surface area contributed by atoms with Crippen molar-refractivity contribution in [2.75, 3.05) is 19.1 Å².